The highest BCUT2D eigenvalue weighted by Gasteiger charge is 2.25. The average Bonchev–Trinajstić information content (AvgIpc) is 3.17. The zero-order valence-electron chi connectivity index (χ0n) is 15.9. The first kappa shape index (κ1) is 17.5. The van der Waals surface area contributed by atoms with Gasteiger partial charge in [-0.25, -0.2) is 9.97 Å². The molecule has 1 fully saturated rings. The molecule has 4 heterocycles. The molecule has 0 amide bonds. The maximum atomic E-state index is 4.72. The van der Waals surface area contributed by atoms with Gasteiger partial charge in [0.1, 0.15) is 17.5 Å². The lowest BCUT2D eigenvalue weighted by atomic mass is 9.96. The molecule has 27 heavy (non-hydrogen) atoms. The van der Waals surface area contributed by atoms with Crippen LogP contribution in [0.25, 0.3) is 0 Å². The van der Waals surface area contributed by atoms with Crippen LogP contribution in [0, 0.1) is 0 Å². The molecule has 7 nitrogen and oxygen atoms in total. The Labute approximate surface area is 159 Å². The van der Waals surface area contributed by atoms with E-state index in [1.807, 2.05) is 43.8 Å². The number of aromatic nitrogens is 5. The first-order valence-electron chi connectivity index (χ1n) is 9.35. The zero-order chi connectivity index (χ0) is 18.6. The van der Waals surface area contributed by atoms with Gasteiger partial charge in [-0.1, -0.05) is 0 Å². The molecule has 0 aliphatic carbocycles. The molecular weight excluding hydrogens is 338 g/mol. The zero-order valence-corrected chi connectivity index (χ0v) is 15.9. The highest BCUT2D eigenvalue weighted by molar-refractivity contribution is 5.45. The molecule has 0 bridgehead atoms. The molecule has 0 saturated carbocycles. The minimum Gasteiger partial charge on any atom is -0.361 e. The Hall–Kier alpha value is -2.96. The van der Waals surface area contributed by atoms with Gasteiger partial charge in [0.25, 0.3) is 0 Å². The van der Waals surface area contributed by atoms with Crippen molar-refractivity contribution in [2.75, 3.05) is 37.0 Å². The van der Waals surface area contributed by atoms with E-state index in [2.05, 4.69) is 42.7 Å². The second-order valence-electron chi connectivity index (χ2n) is 7.16. The number of rotatable bonds is 5. The van der Waals surface area contributed by atoms with Crippen LogP contribution in [0.5, 0.6) is 0 Å². The molecule has 0 N–H and O–H groups in total. The van der Waals surface area contributed by atoms with Crippen molar-refractivity contribution in [2.45, 2.75) is 25.3 Å². The van der Waals surface area contributed by atoms with Gasteiger partial charge in [0.15, 0.2) is 0 Å². The molecule has 0 spiro atoms. The normalized spacial score (nSPS) is 15.1. The Morgan fingerprint density at radius 3 is 2.56 bits per heavy atom. The van der Waals surface area contributed by atoms with Crippen LogP contribution in [-0.2, 0) is 6.54 Å². The summed E-state index contributed by atoms with van der Waals surface area (Å²) in [5.74, 6) is 3.50. The minimum atomic E-state index is 0.475. The van der Waals surface area contributed by atoms with Crippen LogP contribution in [0.3, 0.4) is 0 Å². The number of hydrogen-bond donors (Lipinski definition) is 0. The van der Waals surface area contributed by atoms with E-state index in [9.17, 15) is 0 Å². The molecule has 0 atom stereocenters. The lowest BCUT2D eigenvalue weighted by Gasteiger charge is -2.32. The summed E-state index contributed by atoms with van der Waals surface area (Å²) in [4.78, 5) is 22.1. The third-order valence-electron chi connectivity index (χ3n) is 5.10. The molecule has 140 valence electrons. The van der Waals surface area contributed by atoms with Gasteiger partial charge in [-0.2, -0.15) is 0 Å². The van der Waals surface area contributed by atoms with Crippen LogP contribution in [0.4, 0.5) is 11.6 Å². The first-order valence-corrected chi connectivity index (χ1v) is 9.35. The summed E-state index contributed by atoms with van der Waals surface area (Å²) in [5.41, 5.74) is 1.25. The molecule has 1 aliphatic heterocycles. The molecule has 3 aromatic rings. The van der Waals surface area contributed by atoms with Crippen molar-refractivity contribution in [3.63, 3.8) is 0 Å². The third kappa shape index (κ3) is 3.92. The summed E-state index contributed by atoms with van der Waals surface area (Å²) < 4.78 is 2.27. The van der Waals surface area contributed by atoms with Gasteiger partial charge in [0.05, 0.1) is 12.4 Å². The smallest absolute Gasteiger partial charge is 0.149 e. The van der Waals surface area contributed by atoms with E-state index in [1.54, 1.807) is 6.20 Å². The monoisotopic (exact) mass is 363 g/mol. The van der Waals surface area contributed by atoms with Crippen molar-refractivity contribution in [1.29, 1.82) is 0 Å². The van der Waals surface area contributed by atoms with Crippen molar-refractivity contribution in [1.82, 2.24) is 24.5 Å². The summed E-state index contributed by atoms with van der Waals surface area (Å²) in [6, 6.07) is 4.12. The average molecular weight is 363 g/mol. The largest absolute Gasteiger partial charge is 0.361 e. The van der Waals surface area contributed by atoms with Gasteiger partial charge >= 0.3 is 0 Å². The number of hydrogen-bond acceptors (Lipinski definition) is 6. The van der Waals surface area contributed by atoms with Gasteiger partial charge < -0.3 is 14.4 Å². The topological polar surface area (TPSA) is 63.0 Å². The maximum Gasteiger partial charge on any atom is 0.149 e. The predicted molar refractivity (Wildman–Crippen MR) is 106 cm³/mol. The Kier molecular flexibility index (Phi) is 5.00. The van der Waals surface area contributed by atoms with Crippen LogP contribution in [-0.4, -0.2) is 51.7 Å². The van der Waals surface area contributed by atoms with Crippen LogP contribution < -0.4 is 9.80 Å². The highest BCUT2D eigenvalue weighted by Crippen LogP contribution is 2.29. The lowest BCUT2D eigenvalue weighted by molar-refractivity contribution is 0.468. The first-order chi connectivity index (χ1) is 13.2. The number of nitrogens with zero attached hydrogens (tertiary/aromatic N) is 7. The molecular formula is C20H25N7. The lowest BCUT2D eigenvalue weighted by Crippen LogP contribution is -2.34. The van der Waals surface area contributed by atoms with E-state index >= 15 is 0 Å². The summed E-state index contributed by atoms with van der Waals surface area (Å²) in [6.45, 7) is 2.78. The van der Waals surface area contributed by atoms with Crippen molar-refractivity contribution in [3.05, 3.63) is 60.7 Å². The van der Waals surface area contributed by atoms with Gasteiger partial charge in [-0.05, 0) is 30.5 Å². The molecule has 0 unspecified atom stereocenters. The molecule has 7 heteroatoms. The van der Waals surface area contributed by atoms with Gasteiger partial charge in [0, 0.05) is 64.4 Å². The number of anilines is 2. The summed E-state index contributed by atoms with van der Waals surface area (Å²) in [7, 11) is 3.98. The van der Waals surface area contributed by atoms with E-state index in [0.717, 1.165) is 44.1 Å². The number of piperidine rings is 1. The standard InChI is InChI=1S/C20H25N7/c1-25(2)18-13-22-14-19(24-18)26-10-5-17(6-11-26)20-23-9-12-27(20)15-16-3-7-21-8-4-16/h3-4,7-9,12-14,17H,5-6,10-11,15H2,1-2H3. The molecule has 3 aromatic heterocycles. The maximum absolute atomic E-state index is 4.72. The van der Waals surface area contributed by atoms with E-state index < -0.39 is 0 Å². The number of imidazole rings is 1. The molecule has 0 aromatic carbocycles. The Bertz CT molecular complexity index is 867. The molecule has 0 radical (unpaired) electrons. The van der Waals surface area contributed by atoms with Crippen LogP contribution >= 0.6 is 0 Å². The van der Waals surface area contributed by atoms with E-state index in [1.165, 1.54) is 11.4 Å². The van der Waals surface area contributed by atoms with Gasteiger partial charge in [-0.15, -0.1) is 0 Å². The Morgan fingerprint density at radius 1 is 1.04 bits per heavy atom. The quantitative estimate of drug-likeness (QED) is 0.694. The molecule has 1 saturated heterocycles. The minimum absolute atomic E-state index is 0.475. The highest BCUT2D eigenvalue weighted by atomic mass is 15.2. The fraction of sp³-hybridized carbons (Fsp3) is 0.400. The molecule has 1 aliphatic rings. The van der Waals surface area contributed by atoms with E-state index in [-0.39, 0.29) is 0 Å². The second-order valence-corrected chi connectivity index (χ2v) is 7.16. The second kappa shape index (κ2) is 7.73. The van der Waals surface area contributed by atoms with Gasteiger partial charge in [0.2, 0.25) is 0 Å². The van der Waals surface area contributed by atoms with Crippen molar-refractivity contribution in [2.24, 2.45) is 0 Å². The van der Waals surface area contributed by atoms with Crippen molar-refractivity contribution in [3.8, 4) is 0 Å². The van der Waals surface area contributed by atoms with Crippen molar-refractivity contribution >= 4 is 11.6 Å². The Balaban J connectivity index is 1.43. The van der Waals surface area contributed by atoms with E-state index in [0.29, 0.717) is 5.92 Å². The molecule has 4 rings (SSSR count). The fourth-order valence-electron chi connectivity index (χ4n) is 3.58. The van der Waals surface area contributed by atoms with E-state index in [4.69, 9.17) is 4.98 Å². The van der Waals surface area contributed by atoms with Crippen LogP contribution in [0.15, 0.2) is 49.3 Å². The summed E-state index contributed by atoms with van der Waals surface area (Å²) in [6.07, 6.45) is 13.5. The predicted octanol–water partition coefficient (Wildman–Crippen LogP) is 2.57. The summed E-state index contributed by atoms with van der Waals surface area (Å²) >= 11 is 0. The summed E-state index contributed by atoms with van der Waals surface area (Å²) in [5, 5.41) is 0. The van der Waals surface area contributed by atoms with Gasteiger partial charge in [-0.3, -0.25) is 9.97 Å². The Morgan fingerprint density at radius 2 is 1.81 bits per heavy atom. The van der Waals surface area contributed by atoms with Crippen LogP contribution in [0.2, 0.25) is 0 Å². The fourth-order valence-corrected chi connectivity index (χ4v) is 3.58. The third-order valence-corrected chi connectivity index (χ3v) is 5.10. The van der Waals surface area contributed by atoms with Crippen molar-refractivity contribution < 1.29 is 0 Å². The van der Waals surface area contributed by atoms with Crippen LogP contribution in [0.1, 0.15) is 30.1 Å². The number of pyridine rings is 1. The SMILES string of the molecule is CN(C)c1cncc(N2CCC(c3nccn3Cc3ccncc3)CC2)n1.